The second-order valence-corrected chi connectivity index (χ2v) is 7.27. The number of rotatable bonds is 10. The molecule has 2 aromatic rings. The third-order valence-corrected chi connectivity index (χ3v) is 5.14. The third kappa shape index (κ3) is 6.23. The predicted molar refractivity (Wildman–Crippen MR) is 117 cm³/mol. The highest BCUT2D eigenvalue weighted by Crippen LogP contribution is 2.35. The maximum absolute atomic E-state index is 10.3. The Morgan fingerprint density at radius 2 is 1.83 bits per heavy atom. The molecule has 0 unspecified atom stereocenters. The van der Waals surface area contributed by atoms with E-state index < -0.39 is 0 Å². The van der Waals surface area contributed by atoms with Gasteiger partial charge in [0, 0.05) is 13.0 Å². The number of furan rings is 1. The average molecular weight is 389 g/mol. The molecular weight excluding hydrogens is 358 g/mol. The molecule has 29 heavy (non-hydrogen) atoms. The molecule has 3 rings (SSSR count). The second kappa shape index (κ2) is 11.9. The Morgan fingerprint density at radius 3 is 2.48 bits per heavy atom. The lowest BCUT2D eigenvalue weighted by molar-refractivity contribution is 0.100. The largest absolute Gasteiger partial charge is 0.467 e. The molecule has 0 saturated heterocycles. The van der Waals surface area contributed by atoms with Crippen molar-refractivity contribution in [3.63, 3.8) is 0 Å². The van der Waals surface area contributed by atoms with Gasteiger partial charge in [-0.3, -0.25) is 4.90 Å². The van der Waals surface area contributed by atoms with Crippen LogP contribution in [0.4, 0.5) is 0 Å². The number of aliphatic hydroxyl groups excluding tert-OH is 1. The van der Waals surface area contributed by atoms with Gasteiger partial charge in [0.05, 0.1) is 18.9 Å². The SMILES string of the molecule is CCCCCC#C[C@@H](c1ccco1)N(C[C]1[CH][CH][CH][CH]1)[C@@H](CO)c1ccccc1. The number of unbranched alkanes of at least 4 members (excludes halogenated alkanes) is 3. The van der Waals surface area contributed by atoms with Crippen LogP contribution in [0, 0.1) is 43.4 Å². The molecule has 2 atom stereocenters. The van der Waals surface area contributed by atoms with Gasteiger partial charge in [-0.15, -0.1) is 5.92 Å². The van der Waals surface area contributed by atoms with Crippen LogP contribution in [0.5, 0.6) is 0 Å². The van der Waals surface area contributed by atoms with Crippen molar-refractivity contribution in [3.05, 3.63) is 91.7 Å². The van der Waals surface area contributed by atoms with E-state index in [-0.39, 0.29) is 18.7 Å². The topological polar surface area (TPSA) is 36.6 Å². The molecule has 1 saturated carbocycles. The maximum atomic E-state index is 10.3. The Hall–Kier alpha value is -2.02. The number of nitrogens with zero attached hydrogens (tertiary/aromatic N) is 1. The summed E-state index contributed by atoms with van der Waals surface area (Å²) in [4.78, 5) is 2.25. The van der Waals surface area contributed by atoms with Gasteiger partial charge in [-0.2, -0.15) is 0 Å². The first kappa shape index (κ1) is 21.7. The van der Waals surface area contributed by atoms with Crippen molar-refractivity contribution in [1.82, 2.24) is 4.90 Å². The maximum Gasteiger partial charge on any atom is 0.133 e. The van der Waals surface area contributed by atoms with E-state index in [1.807, 2.05) is 43.2 Å². The molecule has 0 spiro atoms. The quantitative estimate of drug-likeness (QED) is 0.441. The minimum atomic E-state index is -0.223. The third-order valence-electron chi connectivity index (χ3n) is 5.14. The van der Waals surface area contributed by atoms with Gasteiger partial charge in [0.1, 0.15) is 11.8 Å². The standard InChI is InChI=1S/C26H30NO2/c1-2-3-4-5-9-17-24(26-18-12-19-29-26)27(20-22-13-10-11-14-22)25(21-28)23-15-7-6-8-16-23/h6-8,10-16,18-19,24-25,28H,2-5,20-21H2,1H3/t24-,25-/m0/s1. The van der Waals surface area contributed by atoms with E-state index in [2.05, 4.69) is 48.6 Å². The predicted octanol–water partition coefficient (Wildman–Crippen LogP) is 5.35. The van der Waals surface area contributed by atoms with Gasteiger partial charge in [-0.05, 0) is 55.7 Å². The summed E-state index contributed by atoms with van der Waals surface area (Å²) in [6, 6.07) is 13.6. The summed E-state index contributed by atoms with van der Waals surface area (Å²) >= 11 is 0. The van der Waals surface area contributed by atoms with Crippen LogP contribution in [0.25, 0.3) is 0 Å². The highest BCUT2D eigenvalue weighted by atomic mass is 16.3. The van der Waals surface area contributed by atoms with Gasteiger partial charge in [0.15, 0.2) is 0 Å². The van der Waals surface area contributed by atoms with Crippen molar-refractivity contribution >= 4 is 0 Å². The molecule has 3 nitrogen and oxygen atoms in total. The van der Waals surface area contributed by atoms with Crippen LogP contribution in [-0.4, -0.2) is 23.2 Å². The van der Waals surface area contributed by atoms with Crippen molar-refractivity contribution in [2.45, 2.75) is 44.7 Å². The van der Waals surface area contributed by atoms with Crippen LogP contribution in [0.15, 0.2) is 53.1 Å². The first-order valence-electron chi connectivity index (χ1n) is 10.5. The number of benzene rings is 1. The van der Waals surface area contributed by atoms with Crippen LogP contribution in [-0.2, 0) is 0 Å². The number of aliphatic hydroxyl groups is 1. The summed E-state index contributed by atoms with van der Waals surface area (Å²) in [6.07, 6.45) is 14.4. The first-order valence-corrected chi connectivity index (χ1v) is 10.5. The Balaban J connectivity index is 1.90. The van der Waals surface area contributed by atoms with E-state index in [1.165, 1.54) is 18.8 Å². The number of hydrogen-bond acceptors (Lipinski definition) is 3. The van der Waals surface area contributed by atoms with Gasteiger partial charge in [0.2, 0.25) is 0 Å². The van der Waals surface area contributed by atoms with Crippen molar-refractivity contribution in [3.8, 4) is 11.8 Å². The van der Waals surface area contributed by atoms with Gasteiger partial charge in [-0.25, -0.2) is 0 Å². The van der Waals surface area contributed by atoms with Gasteiger partial charge < -0.3 is 9.52 Å². The Kier molecular flexibility index (Phi) is 8.86. The minimum Gasteiger partial charge on any atom is -0.467 e. The zero-order chi connectivity index (χ0) is 20.3. The van der Waals surface area contributed by atoms with E-state index in [4.69, 9.17) is 4.42 Å². The van der Waals surface area contributed by atoms with Crippen LogP contribution in [0.2, 0.25) is 0 Å². The van der Waals surface area contributed by atoms with Gasteiger partial charge in [0.25, 0.3) is 0 Å². The van der Waals surface area contributed by atoms with E-state index in [1.54, 1.807) is 6.26 Å². The first-order chi connectivity index (χ1) is 14.3. The minimum absolute atomic E-state index is 0.0133. The molecule has 1 heterocycles. The van der Waals surface area contributed by atoms with Gasteiger partial charge in [-0.1, -0.05) is 56.0 Å². The Morgan fingerprint density at radius 1 is 1.03 bits per heavy atom. The second-order valence-electron chi connectivity index (χ2n) is 7.27. The van der Waals surface area contributed by atoms with E-state index >= 15 is 0 Å². The molecule has 1 aliphatic rings. The van der Waals surface area contributed by atoms with Gasteiger partial charge >= 0.3 is 0 Å². The van der Waals surface area contributed by atoms with Crippen LogP contribution in [0.3, 0.4) is 0 Å². The monoisotopic (exact) mass is 388 g/mol. The van der Waals surface area contributed by atoms with E-state index in [0.29, 0.717) is 6.54 Å². The fraction of sp³-hybridized carbons (Fsp3) is 0.346. The molecule has 1 fully saturated rings. The van der Waals surface area contributed by atoms with Crippen LogP contribution >= 0.6 is 0 Å². The summed E-state index contributed by atoms with van der Waals surface area (Å²) in [7, 11) is 0. The molecule has 0 bridgehead atoms. The molecule has 3 heteroatoms. The number of hydrogen-bond donors (Lipinski definition) is 1. The van der Waals surface area contributed by atoms with Crippen molar-refractivity contribution in [2.75, 3.05) is 13.2 Å². The summed E-state index contributed by atoms with van der Waals surface area (Å²) in [6.45, 7) is 2.90. The van der Waals surface area contributed by atoms with Crippen molar-refractivity contribution < 1.29 is 9.52 Å². The summed E-state index contributed by atoms with van der Waals surface area (Å²) in [5.41, 5.74) is 1.07. The van der Waals surface area contributed by atoms with E-state index in [9.17, 15) is 5.11 Å². The summed E-state index contributed by atoms with van der Waals surface area (Å²) < 4.78 is 5.78. The molecule has 0 aliphatic heterocycles. The van der Waals surface area contributed by atoms with Crippen LogP contribution in [0.1, 0.15) is 56.0 Å². The lowest BCUT2D eigenvalue weighted by Gasteiger charge is -2.36. The Bertz CT molecular complexity index is 738. The average Bonchev–Trinajstić information content (AvgIpc) is 3.46. The molecule has 1 aliphatic carbocycles. The lowest BCUT2D eigenvalue weighted by Crippen LogP contribution is -2.37. The van der Waals surface area contributed by atoms with Crippen LogP contribution < -0.4 is 0 Å². The molecule has 1 aromatic heterocycles. The fourth-order valence-electron chi connectivity index (χ4n) is 3.59. The zero-order valence-corrected chi connectivity index (χ0v) is 17.1. The normalized spacial score (nSPS) is 16.5. The van der Waals surface area contributed by atoms with Crippen molar-refractivity contribution in [2.24, 2.45) is 0 Å². The smallest absolute Gasteiger partial charge is 0.133 e. The molecule has 1 aromatic carbocycles. The zero-order valence-electron chi connectivity index (χ0n) is 17.1. The summed E-state index contributed by atoms with van der Waals surface area (Å²) in [5, 5.41) is 10.3. The van der Waals surface area contributed by atoms with E-state index in [0.717, 1.165) is 24.2 Å². The molecule has 5 radical (unpaired) electrons. The highest BCUT2D eigenvalue weighted by Gasteiger charge is 2.32. The molecule has 0 amide bonds. The van der Waals surface area contributed by atoms with Crippen molar-refractivity contribution in [1.29, 1.82) is 0 Å². The lowest BCUT2D eigenvalue weighted by atomic mass is 9.99. The summed E-state index contributed by atoms with van der Waals surface area (Å²) in [5.74, 6) is 8.83. The fourth-order valence-corrected chi connectivity index (χ4v) is 3.59. The highest BCUT2D eigenvalue weighted by molar-refractivity contribution is 5.37. The molecule has 151 valence electrons. The Labute approximate surface area is 176 Å². The molecule has 1 N–H and O–H groups in total. The molecular formula is C26H30NO2.